The van der Waals surface area contributed by atoms with Gasteiger partial charge in [-0.1, -0.05) is 32.0 Å². The van der Waals surface area contributed by atoms with E-state index in [2.05, 4.69) is 44.4 Å². The lowest BCUT2D eigenvalue weighted by atomic mass is 9.90. The summed E-state index contributed by atoms with van der Waals surface area (Å²) in [5.41, 5.74) is 17.7. The molecule has 4 N–H and O–H groups in total. The lowest BCUT2D eigenvalue weighted by Crippen LogP contribution is -2.41. The molecule has 4 heteroatoms. The molecular weight excluding hydrogens is 269 g/mol. The first-order valence-corrected chi connectivity index (χ1v) is 8.10. The Balaban J connectivity index is 2.70. The first-order valence-electron chi connectivity index (χ1n) is 8.10. The molecule has 0 aliphatic carbocycles. The number of aryl methyl sites for hydroxylation is 1. The van der Waals surface area contributed by atoms with Crippen molar-refractivity contribution in [2.45, 2.75) is 46.0 Å². The molecule has 0 fully saturated rings. The summed E-state index contributed by atoms with van der Waals surface area (Å²) < 4.78 is 0. The molecule has 0 heterocycles. The Bertz CT molecular complexity index is 499. The molecule has 22 heavy (non-hydrogen) atoms. The van der Waals surface area contributed by atoms with E-state index in [9.17, 15) is 0 Å². The normalized spacial score (nSPS) is 12.6. The molecule has 120 valence electrons. The minimum atomic E-state index is -0.158. The molecule has 1 aromatic rings. The second-order valence-electron chi connectivity index (χ2n) is 6.00. The van der Waals surface area contributed by atoms with E-state index in [4.69, 9.17) is 19.3 Å². The van der Waals surface area contributed by atoms with E-state index in [-0.39, 0.29) is 6.04 Å². The summed E-state index contributed by atoms with van der Waals surface area (Å²) in [5, 5.41) is 0. The number of rotatable bonds is 9. The van der Waals surface area contributed by atoms with Gasteiger partial charge in [0.15, 0.2) is 0 Å². The van der Waals surface area contributed by atoms with Gasteiger partial charge in [-0.2, -0.15) is 0 Å². The molecule has 1 aromatic carbocycles. The van der Waals surface area contributed by atoms with Crippen LogP contribution in [0.3, 0.4) is 0 Å². The average Bonchev–Trinajstić information content (AvgIpc) is 2.49. The molecule has 1 atom stereocenters. The summed E-state index contributed by atoms with van der Waals surface area (Å²) in [4.78, 5) is 2.32. The zero-order chi connectivity index (χ0) is 16.7. The minimum absolute atomic E-state index is 0.158. The fraction of sp³-hybridized carbons (Fsp3) is 0.556. The van der Waals surface area contributed by atoms with Crippen LogP contribution in [0.25, 0.3) is 0 Å². The van der Waals surface area contributed by atoms with E-state index in [1.807, 2.05) is 0 Å². The third-order valence-electron chi connectivity index (χ3n) is 4.50. The van der Waals surface area contributed by atoms with Crippen LogP contribution in [0.1, 0.15) is 29.2 Å². The van der Waals surface area contributed by atoms with E-state index in [1.54, 1.807) is 0 Å². The maximum atomic E-state index is 5.99. The first kappa shape index (κ1) is 18.8. The van der Waals surface area contributed by atoms with Gasteiger partial charge >= 0.3 is 0 Å². The van der Waals surface area contributed by atoms with Gasteiger partial charge in [-0.25, -0.2) is 0 Å². The van der Waals surface area contributed by atoms with Crippen molar-refractivity contribution in [1.82, 2.24) is 4.90 Å². The number of hydrogen-bond donors (Lipinski definition) is 2. The second-order valence-corrected chi connectivity index (χ2v) is 6.00. The molecule has 2 radical (unpaired) electrons. The highest BCUT2D eigenvalue weighted by Crippen LogP contribution is 2.20. The number of nitrogens with zero attached hydrogens (tertiary/aromatic N) is 1. The van der Waals surface area contributed by atoms with Crippen LogP contribution in [0.5, 0.6) is 0 Å². The topological polar surface area (TPSA) is 55.3 Å². The van der Waals surface area contributed by atoms with Crippen LogP contribution in [0.4, 0.5) is 0 Å². The summed E-state index contributed by atoms with van der Waals surface area (Å²) in [6, 6.07) is 4.30. The molecule has 0 spiro atoms. The summed E-state index contributed by atoms with van der Waals surface area (Å²) >= 11 is 0. The van der Waals surface area contributed by atoms with Gasteiger partial charge in [0.2, 0.25) is 0 Å². The van der Waals surface area contributed by atoms with Crippen molar-refractivity contribution in [1.29, 1.82) is 0 Å². The third kappa shape index (κ3) is 5.18. The summed E-state index contributed by atoms with van der Waals surface area (Å²) in [6.45, 7) is 13.0. The summed E-state index contributed by atoms with van der Waals surface area (Å²) in [6.07, 6.45) is 2.67. The van der Waals surface area contributed by atoms with Crippen LogP contribution in [0.15, 0.2) is 24.4 Å². The Kier molecular flexibility index (Phi) is 7.70. The molecule has 1 rings (SSSR count). The number of benzene rings is 1. The van der Waals surface area contributed by atoms with Gasteiger partial charge in [0.25, 0.3) is 0 Å². The quantitative estimate of drug-likeness (QED) is 0.687. The molecule has 0 aromatic heterocycles. The van der Waals surface area contributed by atoms with Gasteiger partial charge in [0, 0.05) is 18.8 Å². The van der Waals surface area contributed by atoms with Gasteiger partial charge in [-0.15, -0.1) is 0 Å². The van der Waals surface area contributed by atoms with Crippen LogP contribution in [0, 0.1) is 13.8 Å². The third-order valence-corrected chi connectivity index (χ3v) is 4.50. The van der Waals surface area contributed by atoms with Crippen molar-refractivity contribution >= 4 is 7.85 Å². The van der Waals surface area contributed by atoms with Crippen LogP contribution >= 0.6 is 0 Å². The van der Waals surface area contributed by atoms with E-state index < -0.39 is 0 Å². The van der Waals surface area contributed by atoms with E-state index in [0.29, 0.717) is 12.0 Å². The van der Waals surface area contributed by atoms with Crippen molar-refractivity contribution in [3.8, 4) is 0 Å². The van der Waals surface area contributed by atoms with Crippen molar-refractivity contribution in [3.63, 3.8) is 0 Å². The average molecular weight is 299 g/mol. The Morgan fingerprint density at radius 1 is 1.23 bits per heavy atom. The van der Waals surface area contributed by atoms with Gasteiger partial charge in [-0.05, 0) is 55.5 Å². The van der Waals surface area contributed by atoms with Gasteiger partial charge < -0.3 is 16.4 Å². The highest BCUT2D eigenvalue weighted by Gasteiger charge is 2.12. The zero-order valence-corrected chi connectivity index (χ0v) is 14.4. The molecule has 0 amide bonds. The summed E-state index contributed by atoms with van der Waals surface area (Å²) in [7, 11) is 5.67. The van der Waals surface area contributed by atoms with Crippen molar-refractivity contribution < 1.29 is 0 Å². The highest BCUT2D eigenvalue weighted by molar-refractivity contribution is 6.08. The largest absolute Gasteiger partial charge is 0.401 e. The predicted molar refractivity (Wildman–Crippen MR) is 97.3 cm³/mol. The van der Waals surface area contributed by atoms with Crippen molar-refractivity contribution in [2.24, 2.45) is 11.5 Å². The van der Waals surface area contributed by atoms with Crippen LogP contribution in [-0.2, 0) is 12.8 Å². The molecule has 0 aliphatic heterocycles. The van der Waals surface area contributed by atoms with E-state index in [0.717, 1.165) is 32.5 Å². The Morgan fingerprint density at radius 3 is 2.23 bits per heavy atom. The van der Waals surface area contributed by atoms with Crippen LogP contribution in [-0.4, -0.2) is 38.4 Å². The lowest BCUT2D eigenvalue weighted by molar-refractivity contribution is 0.281. The first-order chi connectivity index (χ1) is 10.4. The minimum Gasteiger partial charge on any atom is -0.401 e. The van der Waals surface area contributed by atoms with Crippen molar-refractivity contribution in [3.05, 3.63) is 46.7 Å². The zero-order valence-electron chi connectivity index (χ0n) is 14.4. The maximum absolute atomic E-state index is 5.99. The Labute approximate surface area is 137 Å². The summed E-state index contributed by atoms with van der Waals surface area (Å²) in [5.74, 6) is 0. The SMILES string of the molecule is [B]CCc1ccc(CCN(CC)CC(N)C(=C)N)c(C)c1C. The lowest BCUT2D eigenvalue weighted by Gasteiger charge is -2.25. The molecule has 0 saturated carbocycles. The fourth-order valence-corrected chi connectivity index (χ4v) is 2.68. The van der Waals surface area contributed by atoms with E-state index in [1.165, 1.54) is 22.3 Å². The molecule has 0 bridgehead atoms. The van der Waals surface area contributed by atoms with E-state index >= 15 is 0 Å². The van der Waals surface area contributed by atoms with Crippen LogP contribution < -0.4 is 11.5 Å². The van der Waals surface area contributed by atoms with Gasteiger partial charge in [0.05, 0.1) is 13.9 Å². The van der Waals surface area contributed by atoms with Crippen molar-refractivity contribution in [2.75, 3.05) is 19.6 Å². The predicted octanol–water partition coefficient (Wildman–Crippen LogP) is 2.10. The number of hydrogen-bond acceptors (Lipinski definition) is 3. The fourth-order valence-electron chi connectivity index (χ4n) is 2.68. The standard InChI is InChI=1S/C18H30BN3/c1-5-22(12-18(21)15(4)20)11-9-17-7-6-16(8-10-19)13(2)14(17)3/h6-7,18H,4-5,8-12,20-21H2,1-3H3. The van der Waals surface area contributed by atoms with Gasteiger partial charge in [-0.3, -0.25) is 0 Å². The maximum Gasteiger partial charge on any atom is 0.0657 e. The highest BCUT2D eigenvalue weighted by atomic mass is 15.1. The molecule has 0 saturated heterocycles. The smallest absolute Gasteiger partial charge is 0.0657 e. The molecule has 0 aliphatic rings. The van der Waals surface area contributed by atoms with Crippen LogP contribution in [0.2, 0.25) is 6.32 Å². The monoisotopic (exact) mass is 299 g/mol. The number of nitrogens with two attached hydrogens (primary N) is 2. The second kappa shape index (κ2) is 9.01. The van der Waals surface area contributed by atoms with Gasteiger partial charge in [0.1, 0.15) is 0 Å². The molecule has 1 unspecified atom stereocenters. The molecular formula is C18H30BN3. The Morgan fingerprint density at radius 2 is 1.77 bits per heavy atom. The Hall–Kier alpha value is -1.26. The number of likely N-dealkylation sites (N-methyl/N-ethyl adjacent to an activating group) is 1. The molecule has 3 nitrogen and oxygen atoms in total.